The van der Waals surface area contributed by atoms with Crippen LogP contribution >= 0.6 is 0 Å². The third-order valence-corrected chi connectivity index (χ3v) is 4.90. The Labute approximate surface area is 182 Å². The number of hydrogen-bond acceptors (Lipinski definition) is 3. The second-order valence-corrected chi connectivity index (χ2v) is 6.93. The molecule has 4 heteroatoms. The molecule has 0 aliphatic rings. The van der Waals surface area contributed by atoms with Crippen molar-refractivity contribution >= 4 is 11.5 Å². The summed E-state index contributed by atoms with van der Waals surface area (Å²) in [5.41, 5.74) is 4.10. The van der Waals surface area contributed by atoms with E-state index in [0.29, 0.717) is 12.2 Å². The molecule has 4 rings (SSSR count). The molecule has 0 saturated heterocycles. The molecule has 0 radical (unpaired) electrons. The summed E-state index contributed by atoms with van der Waals surface area (Å²) in [5.74, 6) is 5.88. The number of nitrogens with zero attached hydrogens (tertiary/aromatic N) is 1. The quantitative estimate of drug-likeness (QED) is 0.322. The van der Waals surface area contributed by atoms with Crippen LogP contribution in [0.2, 0.25) is 0 Å². The van der Waals surface area contributed by atoms with Gasteiger partial charge in [0.25, 0.3) is 0 Å². The third kappa shape index (κ3) is 4.69. The molecule has 0 unspecified atom stereocenters. The highest BCUT2D eigenvalue weighted by Gasteiger charge is 2.23. The lowest BCUT2D eigenvalue weighted by molar-refractivity contribution is 0.0528. The number of benzene rings is 2. The van der Waals surface area contributed by atoms with Gasteiger partial charge in [0.2, 0.25) is 0 Å². The zero-order valence-corrected chi connectivity index (χ0v) is 17.3. The molecule has 2 aromatic carbocycles. The van der Waals surface area contributed by atoms with Crippen molar-refractivity contribution in [1.29, 1.82) is 0 Å². The van der Waals surface area contributed by atoms with Gasteiger partial charge in [0, 0.05) is 11.8 Å². The summed E-state index contributed by atoms with van der Waals surface area (Å²) in [5, 5.41) is 0. The van der Waals surface area contributed by atoms with Crippen molar-refractivity contribution in [3.8, 4) is 11.8 Å². The van der Waals surface area contributed by atoms with E-state index in [9.17, 15) is 4.79 Å². The number of fused-ring (bicyclic) bond motifs is 1. The molecule has 1 atom stereocenters. The average molecular weight is 409 g/mol. The van der Waals surface area contributed by atoms with Crippen molar-refractivity contribution in [3.63, 3.8) is 0 Å². The van der Waals surface area contributed by atoms with Crippen molar-refractivity contribution in [2.75, 3.05) is 13.2 Å². The highest BCUT2D eigenvalue weighted by Crippen LogP contribution is 2.30. The third-order valence-electron chi connectivity index (χ3n) is 4.90. The number of carbonyl (C=O) groups is 1. The van der Waals surface area contributed by atoms with E-state index in [1.165, 1.54) is 0 Å². The van der Waals surface area contributed by atoms with Crippen LogP contribution in [0.4, 0.5) is 0 Å². The molecule has 0 amide bonds. The smallest absolute Gasteiger partial charge is 0.340 e. The minimum absolute atomic E-state index is 0.253. The first-order valence-electron chi connectivity index (χ1n) is 10.3. The molecule has 0 aliphatic carbocycles. The second-order valence-electron chi connectivity index (χ2n) is 6.93. The van der Waals surface area contributed by atoms with Crippen molar-refractivity contribution in [2.24, 2.45) is 0 Å². The van der Waals surface area contributed by atoms with Crippen molar-refractivity contribution in [2.45, 2.75) is 13.0 Å². The Morgan fingerprint density at radius 2 is 1.68 bits per heavy atom. The SMILES string of the molecule is CCOC(=O)c1cc([C@@H](OCC#Cc2ccccc2)c2ccccc2)n2ccccc12. The van der Waals surface area contributed by atoms with E-state index in [2.05, 4.69) is 11.8 Å². The summed E-state index contributed by atoms with van der Waals surface area (Å²) in [7, 11) is 0. The molecule has 0 bridgehead atoms. The van der Waals surface area contributed by atoms with Gasteiger partial charge in [-0.25, -0.2) is 4.79 Å². The molecule has 4 nitrogen and oxygen atoms in total. The minimum atomic E-state index is -0.385. The minimum Gasteiger partial charge on any atom is -0.462 e. The molecule has 4 aromatic rings. The summed E-state index contributed by atoms with van der Waals surface area (Å²) in [6, 6.07) is 27.4. The van der Waals surface area contributed by atoms with E-state index in [0.717, 1.165) is 22.3 Å². The van der Waals surface area contributed by atoms with Gasteiger partial charge < -0.3 is 13.9 Å². The molecule has 154 valence electrons. The highest BCUT2D eigenvalue weighted by atomic mass is 16.5. The van der Waals surface area contributed by atoms with Crippen LogP contribution < -0.4 is 0 Å². The van der Waals surface area contributed by atoms with E-state index in [4.69, 9.17) is 9.47 Å². The predicted octanol–water partition coefficient (Wildman–Crippen LogP) is 5.27. The zero-order valence-electron chi connectivity index (χ0n) is 17.3. The fourth-order valence-electron chi connectivity index (χ4n) is 3.52. The van der Waals surface area contributed by atoms with Gasteiger partial charge in [0.1, 0.15) is 12.7 Å². The van der Waals surface area contributed by atoms with Crippen LogP contribution in [0.15, 0.2) is 91.1 Å². The standard InChI is InChI=1S/C27H23NO3/c1-2-30-27(29)23-20-25(28-18-10-9-17-24(23)28)26(22-15-7-4-8-16-22)31-19-11-14-21-12-5-3-6-13-21/h3-10,12-13,15-18,20,26H,2,19H2,1H3/t26-/m0/s1. The Morgan fingerprint density at radius 1 is 0.968 bits per heavy atom. The monoisotopic (exact) mass is 409 g/mol. The predicted molar refractivity (Wildman–Crippen MR) is 121 cm³/mol. The Kier molecular flexibility index (Phi) is 6.47. The largest absolute Gasteiger partial charge is 0.462 e. The van der Waals surface area contributed by atoms with Crippen LogP contribution in [0.5, 0.6) is 0 Å². The van der Waals surface area contributed by atoms with Crippen molar-refractivity contribution in [3.05, 3.63) is 114 Å². The molecule has 2 aromatic heterocycles. The van der Waals surface area contributed by atoms with Crippen LogP contribution in [0, 0.1) is 11.8 Å². The fourth-order valence-corrected chi connectivity index (χ4v) is 3.52. The van der Waals surface area contributed by atoms with Gasteiger partial charge in [-0.1, -0.05) is 66.4 Å². The topological polar surface area (TPSA) is 39.9 Å². The lowest BCUT2D eigenvalue weighted by Gasteiger charge is -2.17. The number of ether oxygens (including phenoxy) is 2. The van der Waals surface area contributed by atoms with E-state index < -0.39 is 0 Å². The summed E-state index contributed by atoms with van der Waals surface area (Å²) >= 11 is 0. The molecule has 0 aliphatic heterocycles. The Bertz CT molecular complexity index is 1220. The Morgan fingerprint density at radius 3 is 2.42 bits per heavy atom. The number of carbonyl (C=O) groups excluding carboxylic acids is 1. The van der Waals surface area contributed by atoms with Gasteiger partial charge in [0.05, 0.1) is 23.4 Å². The van der Waals surface area contributed by atoms with Crippen molar-refractivity contribution in [1.82, 2.24) is 4.40 Å². The van der Waals surface area contributed by atoms with E-state index in [-0.39, 0.29) is 18.7 Å². The van der Waals surface area contributed by atoms with Gasteiger partial charge in [0.15, 0.2) is 0 Å². The molecule has 0 N–H and O–H groups in total. The summed E-state index contributed by atoms with van der Waals surface area (Å²) in [6.07, 6.45) is 1.55. The number of hydrogen-bond donors (Lipinski definition) is 0. The number of aromatic nitrogens is 1. The van der Waals surface area contributed by atoms with E-state index in [1.54, 1.807) is 6.92 Å². The van der Waals surface area contributed by atoms with Crippen LogP contribution in [0.1, 0.15) is 40.2 Å². The molecule has 0 spiro atoms. The highest BCUT2D eigenvalue weighted by molar-refractivity contribution is 5.97. The summed E-state index contributed by atoms with van der Waals surface area (Å²) in [6.45, 7) is 2.38. The lowest BCUT2D eigenvalue weighted by atomic mass is 10.1. The van der Waals surface area contributed by atoms with Gasteiger partial charge in [-0.3, -0.25) is 0 Å². The first-order valence-corrected chi connectivity index (χ1v) is 10.3. The number of pyridine rings is 1. The summed E-state index contributed by atoms with van der Waals surface area (Å²) < 4.78 is 13.5. The van der Waals surface area contributed by atoms with Gasteiger partial charge >= 0.3 is 5.97 Å². The average Bonchev–Trinajstić information content (AvgIpc) is 3.20. The van der Waals surface area contributed by atoms with Crippen LogP contribution in [-0.2, 0) is 9.47 Å². The Hall–Kier alpha value is -3.81. The lowest BCUT2D eigenvalue weighted by Crippen LogP contribution is -2.09. The van der Waals surface area contributed by atoms with E-state index in [1.807, 2.05) is 95.5 Å². The van der Waals surface area contributed by atoms with Crippen LogP contribution in [0.3, 0.4) is 0 Å². The molecular formula is C27H23NO3. The maximum Gasteiger partial charge on any atom is 0.340 e. The molecule has 0 saturated carbocycles. The van der Waals surface area contributed by atoms with Crippen molar-refractivity contribution < 1.29 is 14.3 Å². The molecule has 31 heavy (non-hydrogen) atoms. The summed E-state index contributed by atoms with van der Waals surface area (Å²) in [4.78, 5) is 12.5. The van der Waals surface area contributed by atoms with Gasteiger partial charge in [-0.05, 0) is 42.8 Å². The van der Waals surface area contributed by atoms with Crippen LogP contribution in [0.25, 0.3) is 5.52 Å². The van der Waals surface area contributed by atoms with Gasteiger partial charge in [-0.15, -0.1) is 0 Å². The number of esters is 1. The second kappa shape index (κ2) is 9.80. The first kappa shape index (κ1) is 20.5. The normalized spacial score (nSPS) is 11.5. The number of rotatable bonds is 6. The Balaban J connectivity index is 1.70. The molecule has 2 heterocycles. The zero-order chi connectivity index (χ0) is 21.5. The maximum atomic E-state index is 12.5. The van der Waals surface area contributed by atoms with Gasteiger partial charge in [-0.2, -0.15) is 0 Å². The van der Waals surface area contributed by atoms with E-state index >= 15 is 0 Å². The maximum absolute atomic E-state index is 12.5. The molecular weight excluding hydrogens is 386 g/mol. The first-order chi connectivity index (χ1) is 15.3. The fraction of sp³-hybridized carbons (Fsp3) is 0.148. The molecule has 0 fully saturated rings. The van der Waals surface area contributed by atoms with Crippen LogP contribution in [-0.4, -0.2) is 23.6 Å².